The summed E-state index contributed by atoms with van der Waals surface area (Å²) in [6.07, 6.45) is 49.9. The molecule has 0 saturated heterocycles. The molecule has 276 valence electrons. The molecule has 5 nitrogen and oxygen atoms in total. The lowest BCUT2D eigenvalue weighted by Gasteiger charge is -2.12. The fourth-order valence-electron chi connectivity index (χ4n) is 5.19. The number of aliphatic hydroxyl groups is 1. The highest BCUT2D eigenvalue weighted by atomic mass is 16.6. The molecule has 0 aliphatic heterocycles. The van der Waals surface area contributed by atoms with Crippen LogP contribution in [0.25, 0.3) is 0 Å². The monoisotopic (exact) mass is 671 g/mol. The van der Waals surface area contributed by atoms with Gasteiger partial charge in [0.25, 0.3) is 0 Å². The Morgan fingerprint density at radius 1 is 0.438 bits per heavy atom. The summed E-state index contributed by atoms with van der Waals surface area (Å²) in [5, 5.41) is 10.0. The van der Waals surface area contributed by atoms with Crippen molar-refractivity contribution < 1.29 is 24.2 Å². The van der Waals surface area contributed by atoms with Gasteiger partial charge in [0.2, 0.25) is 0 Å². The van der Waals surface area contributed by atoms with Crippen molar-refractivity contribution >= 4 is 11.9 Å². The average Bonchev–Trinajstić information content (AvgIpc) is 3.09. The van der Waals surface area contributed by atoms with Crippen LogP contribution in [0.2, 0.25) is 0 Å². The molecule has 0 aromatic carbocycles. The Morgan fingerprint density at radius 3 is 1.23 bits per heavy atom. The van der Waals surface area contributed by atoms with Crippen LogP contribution in [0, 0.1) is 0 Å². The molecule has 0 spiro atoms. The van der Waals surface area contributed by atoms with E-state index in [9.17, 15) is 14.7 Å². The number of esters is 2. The van der Waals surface area contributed by atoms with E-state index in [0.717, 1.165) is 44.9 Å². The van der Waals surface area contributed by atoms with Crippen LogP contribution in [0.4, 0.5) is 0 Å². The Bertz CT molecular complexity index is 853. The number of carbonyl (C=O) groups excluding carboxylic acids is 2. The molecule has 1 N–H and O–H groups in total. The number of unbranched alkanes of at least 4 members (excludes halogenated alkanes) is 17. The lowest BCUT2D eigenvalue weighted by Crippen LogP contribution is -2.25. The highest BCUT2D eigenvalue weighted by molar-refractivity contribution is 5.69. The molecule has 0 radical (unpaired) electrons. The summed E-state index contributed by atoms with van der Waals surface area (Å²) in [4.78, 5) is 23.9. The lowest BCUT2D eigenvalue weighted by molar-refractivity contribution is -0.152. The van der Waals surface area contributed by atoms with Crippen molar-refractivity contribution in [2.45, 2.75) is 187 Å². The molecular weight excluding hydrogens is 596 g/mol. The summed E-state index contributed by atoms with van der Waals surface area (Å²) >= 11 is 0. The van der Waals surface area contributed by atoms with Gasteiger partial charge in [-0.05, 0) is 77.0 Å². The first kappa shape index (κ1) is 45.6. The van der Waals surface area contributed by atoms with E-state index in [1.807, 2.05) is 0 Å². The number of carbonyl (C=O) groups is 2. The Balaban J connectivity index is 3.54. The molecular formula is C43H74O5. The van der Waals surface area contributed by atoms with E-state index < -0.39 is 6.10 Å². The average molecular weight is 671 g/mol. The topological polar surface area (TPSA) is 72.8 Å². The SMILES string of the molecule is CCCCC/C=C\C/C=C\C/C=C\C/C=C\CCCC(=O)OC[C@H](O)COC(=O)CCCCCCCCC/C=C\CCCCCCCC. The Kier molecular flexibility index (Phi) is 37.1. The van der Waals surface area contributed by atoms with Crippen molar-refractivity contribution in [3.63, 3.8) is 0 Å². The number of aliphatic hydroxyl groups excluding tert-OH is 1. The van der Waals surface area contributed by atoms with Crippen LogP contribution in [0.15, 0.2) is 60.8 Å². The van der Waals surface area contributed by atoms with Crippen LogP contribution >= 0.6 is 0 Å². The van der Waals surface area contributed by atoms with E-state index in [1.54, 1.807) is 0 Å². The first-order valence-electron chi connectivity index (χ1n) is 19.8. The van der Waals surface area contributed by atoms with Crippen LogP contribution in [0.1, 0.15) is 181 Å². The Morgan fingerprint density at radius 2 is 0.750 bits per heavy atom. The Hall–Kier alpha value is -2.40. The maximum absolute atomic E-state index is 12.0. The van der Waals surface area contributed by atoms with Gasteiger partial charge in [-0.1, -0.05) is 152 Å². The number of rotatable bonds is 35. The second-order valence-corrected chi connectivity index (χ2v) is 13.0. The molecule has 48 heavy (non-hydrogen) atoms. The number of ether oxygens (including phenoxy) is 2. The van der Waals surface area contributed by atoms with Crippen LogP contribution in [-0.4, -0.2) is 36.4 Å². The van der Waals surface area contributed by atoms with Gasteiger partial charge < -0.3 is 14.6 Å². The van der Waals surface area contributed by atoms with E-state index in [2.05, 4.69) is 74.6 Å². The van der Waals surface area contributed by atoms with E-state index in [0.29, 0.717) is 19.3 Å². The summed E-state index contributed by atoms with van der Waals surface area (Å²) in [6, 6.07) is 0. The van der Waals surface area contributed by atoms with Crippen molar-refractivity contribution in [3.8, 4) is 0 Å². The maximum Gasteiger partial charge on any atom is 0.305 e. The minimum absolute atomic E-state index is 0.137. The Labute approximate surface area is 296 Å². The fourth-order valence-corrected chi connectivity index (χ4v) is 5.19. The van der Waals surface area contributed by atoms with Crippen molar-refractivity contribution in [1.29, 1.82) is 0 Å². The van der Waals surface area contributed by atoms with Gasteiger partial charge in [-0.15, -0.1) is 0 Å². The second-order valence-electron chi connectivity index (χ2n) is 13.0. The van der Waals surface area contributed by atoms with Gasteiger partial charge in [0.15, 0.2) is 0 Å². The zero-order valence-electron chi connectivity index (χ0n) is 31.2. The minimum atomic E-state index is -0.989. The summed E-state index contributed by atoms with van der Waals surface area (Å²) < 4.78 is 10.3. The summed E-state index contributed by atoms with van der Waals surface area (Å²) in [6.45, 7) is 4.21. The number of allylic oxidation sites excluding steroid dienone is 10. The van der Waals surface area contributed by atoms with Crippen molar-refractivity contribution in [2.24, 2.45) is 0 Å². The van der Waals surface area contributed by atoms with Gasteiger partial charge in [-0.2, -0.15) is 0 Å². The van der Waals surface area contributed by atoms with Crippen LogP contribution in [-0.2, 0) is 19.1 Å². The maximum atomic E-state index is 12.0. The van der Waals surface area contributed by atoms with E-state index in [4.69, 9.17) is 9.47 Å². The predicted molar refractivity (Wildman–Crippen MR) is 205 cm³/mol. The van der Waals surface area contributed by atoms with Crippen LogP contribution in [0.5, 0.6) is 0 Å². The van der Waals surface area contributed by atoms with Gasteiger partial charge in [0.1, 0.15) is 19.3 Å². The third-order valence-electron chi connectivity index (χ3n) is 8.23. The molecule has 0 bridgehead atoms. The van der Waals surface area contributed by atoms with E-state index in [-0.39, 0.29) is 25.2 Å². The van der Waals surface area contributed by atoms with Crippen LogP contribution < -0.4 is 0 Å². The zero-order chi connectivity index (χ0) is 35.0. The molecule has 1 atom stereocenters. The second kappa shape index (κ2) is 39.0. The molecule has 0 rings (SSSR count). The molecule has 0 fully saturated rings. The summed E-state index contributed by atoms with van der Waals surface area (Å²) in [5.74, 6) is -0.636. The minimum Gasteiger partial charge on any atom is -0.463 e. The number of hydrogen-bond acceptors (Lipinski definition) is 5. The molecule has 0 aromatic rings. The first-order valence-corrected chi connectivity index (χ1v) is 19.8. The van der Waals surface area contributed by atoms with Crippen LogP contribution in [0.3, 0.4) is 0 Å². The van der Waals surface area contributed by atoms with Gasteiger partial charge >= 0.3 is 11.9 Å². The molecule has 5 heteroatoms. The standard InChI is InChI=1S/C43H74O5/c1-3-5-7-9-11-13-15-17-19-21-23-25-27-29-31-33-35-37-42(45)47-39-41(44)40-48-43(46)38-36-34-32-30-28-26-24-22-20-18-16-14-12-10-8-6-4-2/h11,13,17-20,23,25,29,31,41,44H,3-10,12,14-16,21-22,24,26-28,30,32-40H2,1-2H3/b13-11-,19-17-,20-18-,25-23-,31-29-/t41-/m0/s1. The molecule has 0 aliphatic rings. The third-order valence-corrected chi connectivity index (χ3v) is 8.23. The molecule has 0 heterocycles. The molecule has 0 amide bonds. The van der Waals surface area contributed by atoms with Gasteiger partial charge in [-0.25, -0.2) is 0 Å². The fraction of sp³-hybridized carbons (Fsp3) is 0.721. The summed E-state index contributed by atoms with van der Waals surface area (Å²) in [7, 11) is 0. The van der Waals surface area contributed by atoms with E-state index >= 15 is 0 Å². The molecule has 0 saturated carbocycles. The smallest absolute Gasteiger partial charge is 0.305 e. The largest absolute Gasteiger partial charge is 0.463 e. The van der Waals surface area contributed by atoms with Crippen molar-refractivity contribution in [2.75, 3.05) is 13.2 Å². The number of hydrogen-bond donors (Lipinski definition) is 1. The van der Waals surface area contributed by atoms with Gasteiger partial charge in [0, 0.05) is 12.8 Å². The van der Waals surface area contributed by atoms with Crippen molar-refractivity contribution in [1.82, 2.24) is 0 Å². The molecule has 0 aromatic heterocycles. The van der Waals surface area contributed by atoms with Gasteiger partial charge in [0.05, 0.1) is 0 Å². The normalized spacial score (nSPS) is 12.8. The lowest BCUT2D eigenvalue weighted by atomic mass is 10.1. The zero-order valence-corrected chi connectivity index (χ0v) is 31.2. The van der Waals surface area contributed by atoms with E-state index in [1.165, 1.54) is 103 Å². The summed E-state index contributed by atoms with van der Waals surface area (Å²) in [5.41, 5.74) is 0. The van der Waals surface area contributed by atoms with Gasteiger partial charge in [-0.3, -0.25) is 9.59 Å². The highest BCUT2D eigenvalue weighted by Gasteiger charge is 2.12. The molecule has 0 aliphatic carbocycles. The highest BCUT2D eigenvalue weighted by Crippen LogP contribution is 2.12. The van der Waals surface area contributed by atoms with Crippen molar-refractivity contribution in [3.05, 3.63) is 60.8 Å². The third kappa shape index (κ3) is 38.1. The quantitative estimate of drug-likeness (QED) is 0.0413. The predicted octanol–water partition coefficient (Wildman–Crippen LogP) is 12.4. The molecule has 0 unspecified atom stereocenters. The first-order chi connectivity index (χ1) is 23.6.